The molecule has 2 heterocycles. The molecule has 7 heteroatoms. The van der Waals surface area contributed by atoms with E-state index in [-0.39, 0.29) is 22.6 Å². The van der Waals surface area contributed by atoms with Gasteiger partial charge in [-0.2, -0.15) is 5.10 Å². The molecule has 1 aromatic heterocycles. The fourth-order valence-corrected chi connectivity index (χ4v) is 4.14. The smallest absolute Gasteiger partial charge is 0.274 e. The lowest BCUT2D eigenvalue weighted by Crippen LogP contribution is -2.45. The molecule has 0 spiro atoms. The van der Waals surface area contributed by atoms with Crippen LogP contribution in [0.1, 0.15) is 28.9 Å². The summed E-state index contributed by atoms with van der Waals surface area (Å²) in [5.74, 6) is -0.301. The number of hydrogen-bond acceptors (Lipinski definition) is 4. The Labute approximate surface area is 173 Å². The number of rotatable bonds is 4. The highest BCUT2D eigenvalue weighted by Crippen LogP contribution is 2.35. The number of halogens is 1. The van der Waals surface area contributed by atoms with E-state index in [2.05, 4.69) is 10.4 Å². The van der Waals surface area contributed by atoms with Gasteiger partial charge in [0.2, 0.25) is 0 Å². The van der Waals surface area contributed by atoms with Crippen LogP contribution in [0, 0.1) is 0 Å². The minimum atomic E-state index is -0.301. The fraction of sp³-hybridized carbons (Fsp3) is 0.318. The van der Waals surface area contributed by atoms with Crippen LogP contribution in [0.4, 0.5) is 0 Å². The van der Waals surface area contributed by atoms with Crippen LogP contribution >= 0.6 is 11.6 Å². The van der Waals surface area contributed by atoms with Gasteiger partial charge in [-0.05, 0) is 36.6 Å². The van der Waals surface area contributed by atoms with E-state index in [0.29, 0.717) is 35.6 Å². The lowest BCUT2D eigenvalue weighted by atomic mass is 9.74. The predicted molar refractivity (Wildman–Crippen MR) is 113 cm³/mol. The number of aromatic nitrogens is 2. The number of nitrogens with one attached hydrogen (secondary N) is 1. The summed E-state index contributed by atoms with van der Waals surface area (Å²) in [5, 5.41) is 8.97. The molecule has 29 heavy (non-hydrogen) atoms. The van der Waals surface area contributed by atoms with Crippen LogP contribution in [0.3, 0.4) is 0 Å². The zero-order chi connectivity index (χ0) is 20.4. The predicted octanol–water partition coefficient (Wildman–Crippen LogP) is 3.07. The van der Waals surface area contributed by atoms with E-state index >= 15 is 0 Å². The van der Waals surface area contributed by atoms with Crippen molar-refractivity contribution in [3.8, 4) is 0 Å². The van der Waals surface area contributed by atoms with Crippen molar-refractivity contribution in [3.05, 3.63) is 75.2 Å². The topological polar surface area (TPSA) is 73.2 Å². The molecule has 0 saturated carbocycles. The average Bonchev–Trinajstić information content (AvgIpc) is 2.75. The summed E-state index contributed by atoms with van der Waals surface area (Å²) in [4.78, 5) is 25.4. The number of aryl methyl sites for hydroxylation is 1. The fourth-order valence-electron chi connectivity index (χ4n) is 3.95. The molecule has 2 aromatic carbocycles. The van der Waals surface area contributed by atoms with Crippen LogP contribution in [-0.2, 0) is 17.2 Å². The quantitative estimate of drug-likeness (QED) is 0.716. The number of carbonyl (C=O) groups excluding carboxylic acids is 1. The number of nitrogens with zero attached hydrogens (tertiary/aromatic N) is 2. The molecule has 1 fully saturated rings. The van der Waals surface area contributed by atoms with Gasteiger partial charge in [0.15, 0.2) is 5.69 Å². The van der Waals surface area contributed by atoms with Crippen LogP contribution in [0.25, 0.3) is 10.8 Å². The Morgan fingerprint density at radius 1 is 1.17 bits per heavy atom. The summed E-state index contributed by atoms with van der Waals surface area (Å²) in [6, 6.07) is 14.8. The first kappa shape index (κ1) is 19.6. The molecule has 1 saturated heterocycles. The van der Waals surface area contributed by atoms with Gasteiger partial charge >= 0.3 is 0 Å². The third kappa shape index (κ3) is 3.78. The lowest BCUT2D eigenvalue weighted by Gasteiger charge is -2.38. The van der Waals surface area contributed by atoms with Crippen molar-refractivity contribution in [1.82, 2.24) is 15.1 Å². The monoisotopic (exact) mass is 411 g/mol. The Morgan fingerprint density at radius 3 is 2.62 bits per heavy atom. The minimum Gasteiger partial charge on any atom is -0.381 e. The van der Waals surface area contributed by atoms with E-state index in [1.807, 2.05) is 24.3 Å². The molecule has 0 bridgehead atoms. The van der Waals surface area contributed by atoms with E-state index in [4.69, 9.17) is 16.3 Å². The first-order valence-electron chi connectivity index (χ1n) is 9.58. The molecule has 0 unspecified atom stereocenters. The number of carbonyl (C=O) groups is 1. The Balaban J connectivity index is 1.65. The van der Waals surface area contributed by atoms with E-state index in [1.54, 1.807) is 31.3 Å². The normalized spacial score (nSPS) is 15.9. The molecule has 6 nitrogen and oxygen atoms in total. The molecule has 0 radical (unpaired) electrons. The van der Waals surface area contributed by atoms with Gasteiger partial charge < -0.3 is 10.1 Å². The summed E-state index contributed by atoms with van der Waals surface area (Å²) in [6.07, 6.45) is 1.57. The number of benzene rings is 2. The van der Waals surface area contributed by atoms with Crippen molar-refractivity contribution in [2.75, 3.05) is 19.8 Å². The molecular weight excluding hydrogens is 390 g/mol. The molecule has 1 amide bonds. The Morgan fingerprint density at radius 2 is 1.90 bits per heavy atom. The van der Waals surface area contributed by atoms with E-state index < -0.39 is 0 Å². The maximum Gasteiger partial charge on any atom is 0.274 e. The first-order valence-corrected chi connectivity index (χ1v) is 9.96. The second kappa shape index (κ2) is 7.97. The SMILES string of the molecule is Cn1nc(C(=O)NCC2(c3cccc(Cl)c3)CCOCC2)c2ccccc2c1=O. The van der Waals surface area contributed by atoms with E-state index in [1.165, 1.54) is 4.68 Å². The minimum absolute atomic E-state index is 0.225. The van der Waals surface area contributed by atoms with Gasteiger partial charge in [0.25, 0.3) is 11.5 Å². The molecule has 0 atom stereocenters. The highest BCUT2D eigenvalue weighted by molar-refractivity contribution is 6.30. The van der Waals surface area contributed by atoms with Gasteiger partial charge in [0.05, 0.1) is 5.39 Å². The van der Waals surface area contributed by atoms with Gasteiger partial charge in [-0.1, -0.05) is 41.9 Å². The summed E-state index contributed by atoms with van der Waals surface area (Å²) < 4.78 is 6.77. The Bertz CT molecular complexity index is 1120. The molecule has 4 rings (SSSR count). The van der Waals surface area contributed by atoms with Crippen LogP contribution in [0.15, 0.2) is 53.3 Å². The standard InChI is InChI=1S/C22H22ClN3O3/c1-26-21(28)18-8-3-2-7-17(18)19(25-26)20(27)24-14-22(9-11-29-12-10-22)15-5-4-6-16(23)13-15/h2-8,13H,9-12,14H2,1H3,(H,24,27). The third-order valence-electron chi connectivity index (χ3n) is 5.65. The van der Waals surface area contributed by atoms with Crippen molar-refractivity contribution in [2.24, 2.45) is 7.05 Å². The highest BCUT2D eigenvalue weighted by atomic mass is 35.5. The first-order chi connectivity index (χ1) is 14.0. The summed E-state index contributed by atoms with van der Waals surface area (Å²) >= 11 is 6.22. The lowest BCUT2D eigenvalue weighted by molar-refractivity contribution is 0.0486. The number of fused-ring (bicyclic) bond motifs is 1. The van der Waals surface area contributed by atoms with Gasteiger partial charge in [0.1, 0.15) is 0 Å². The molecule has 1 aliphatic rings. The number of hydrogen-bond donors (Lipinski definition) is 1. The number of ether oxygens (including phenoxy) is 1. The maximum atomic E-state index is 13.1. The van der Waals surface area contributed by atoms with Gasteiger partial charge in [-0.15, -0.1) is 0 Å². The molecular formula is C22H22ClN3O3. The van der Waals surface area contributed by atoms with Crippen molar-refractivity contribution in [2.45, 2.75) is 18.3 Å². The van der Waals surface area contributed by atoms with Crippen LogP contribution < -0.4 is 10.9 Å². The molecule has 1 N–H and O–H groups in total. The van der Waals surface area contributed by atoms with Gasteiger partial charge in [0, 0.05) is 42.6 Å². The molecule has 150 valence electrons. The second-order valence-corrected chi connectivity index (χ2v) is 7.85. The summed E-state index contributed by atoms with van der Waals surface area (Å²) in [6.45, 7) is 1.70. The zero-order valence-corrected chi connectivity index (χ0v) is 16.9. The molecule has 3 aromatic rings. The van der Waals surface area contributed by atoms with Crippen LogP contribution in [0.2, 0.25) is 5.02 Å². The Kier molecular flexibility index (Phi) is 5.39. The molecule has 0 aliphatic carbocycles. The van der Waals surface area contributed by atoms with Crippen molar-refractivity contribution < 1.29 is 9.53 Å². The summed E-state index contributed by atoms with van der Waals surface area (Å²) in [7, 11) is 1.55. The molecule has 1 aliphatic heterocycles. The van der Waals surface area contributed by atoms with Crippen molar-refractivity contribution in [3.63, 3.8) is 0 Å². The Hall–Kier alpha value is -2.70. The van der Waals surface area contributed by atoms with Crippen molar-refractivity contribution in [1.29, 1.82) is 0 Å². The maximum absolute atomic E-state index is 13.1. The third-order valence-corrected chi connectivity index (χ3v) is 5.88. The second-order valence-electron chi connectivity index (χ2n) is 7.41. The van der Waals surface area contributed by atoms with Gasteiger partial charge in [-0.25, -0.2) is 4.68 Å². The largest absolute Gasteiger partial charge is 0.381 e. The zero-order valence-electron chi connectivity index (χ0n) is 16.2. The van der Waals surface area contributed by atoms with Gasteiger partial charge in [-0.3, -0.25) is 9.59 Å². The van der Waals surface area contributed by atoms with E-state index in [0.717, 1.165) is 18.4 Å². The number of amides is 1. The van der Waals surface area contributed by atoms with Crippen LogP contribution in [-0.4, -0.2) is 35.4 Å². The summed E-state index contributed by atoms with van der Waals surface area (Å²) in [5.41, 5.74) is 0.856. The van der Waals surface area contributed by atoms with E-state index in [9.17, 15) is 9.59 Å². The van der Waals surface area contributed by atoms with Crippen LogP contribution in [0.5, 0.6) is 0 Å². The highest BCUT2D eigenvalue weighted by Gasteiger charge is 2.35. The van der Waals surface area contributed by atoms with Crippen molar-refractivity contribution >= 4 is 28.3 Å². The average molecular weight is 412 g/mol.